The van der Waals surface area contributed by atoms with Gasteiger partial charge in [0.1, 0.15) is 0 Å². The average Bonchev–Trinajstić information content (AvgIpc) is 2.19. The van der Waals surface area contributed by atoms with E-state index in [9.17, 15) is 0 Å². The van der Waals surface area contributed by atoms with Crippen molar-refractivity contribution in [2.45, 2.75) is 26.3 Å². The van der Waals surface area contributed by atoms with Crippen molar-refractivity contribution in [3.05, 3.63) is 12.7 Å². The molecular weight excluding hydrogens is 222 g/mol. The second-order valence-electron chi connectivity index (χ2n) is 4.68. The normalized spacial score (nSPS) is 25.1. The molecule has 1 aliphatic rings. The van der Waals surface area contributed by atoms with Gasteiger partial charge in [-0.25, -0.2) is 0 Å². The quantitative estimate of drug-likeness (QED) is 0.571. The first-order chi connectivity index (χ1) is 7.17. The van der Waals surface area contributed by atoms with Crippen LogP contribution >= 0.6 is 23.5 Å². The van der Waals surface area contributed by atoms with Crippen LogP contribution in [0, 0.1) is 5.41 Å². The molecule has 1 heterocycles. The van der Waals surface area contributed by atoms with Gasteiger partial charge in [0.05, 0.1) is 0 Å². The van der Waals surface area contributed by atoms with Crippen LogP contribution in [0.25, 0.3) is 0 Å². The number of rotatable bonds is 6. The van der Waals surface area contributed by atoms with Gasteiger partial charge in [-0.3, -0.25) is 0 Å². The van der Waals surface area contributed by atoms with Gasteiger partial charge in [-0.1, -0.05) is 19.9 Å². The van der Waals surface area contributed by atoms with Crippen LogP contribution in [0.4, 0.5) is 0 Å². The van der Waals surface area contributed by atoms with Gasteiger partial charge in [0, 0.05) is 29.8 Å². The van der Waals surface area contributed by atoms with Crippen molar-refractivity contribution in [1.29, 1.82) is 0 Å². The predicted molar refractivity (Wildman–Crippen MR) is 75.0 cm³/mol. The molecule has 0 radical (unpaired) electrons. The van der Waals surface area contributed by atoms with Crippen molar-refractivity contribution in [3.63, 3.8) is 0 Å². The van der Waals surface area contributed by atoms with E-state index in [1.165, 1.54) is 23.7 Å². The van der Waals surface area contributed by atoms with Crippen LogP contribution in [0.5, 0.6) is 0 Å². The molecule has 0 bridgehead atoms. The van der Waals surface area contributed by atoms with Crippen LogP contribution in [-0.2, 0) is 0 Å². The highest BCUT2D eigenvalue weighted by Crippen LogP contribution is 2.33. The fourth-order valence-corrected chi connectivity index (χ4v) is 3.98. The molecule has 0 spiro atoms. The van der Waals surface area contributed by atoms with E-state index in [-0.39, 0.29) is 0 Å². The van der Waals surface area contributed by atoms with E-state index in [2.05, 4.69) is 37.5 Å². The molecule has 0 aromatic carbocycles. The van der Waals surface area contributed by atoms with Crippen molar-refractivity contribution in [2.24, 2.45) is 5.41 Å². The first kappa shape index (κ1) is 13.5. The fraction of sp³-hybridized carbons (Fsp3) is 0.833. The first-order valence-electron chi connectivity index (χ1n) is 5.66. The zero-order valence-electron chi connectivity index (χ0n) is 9.92. The zero-order chi connectivity index (χ0) is 11.1. The smallest absolute Gasteiger partial charge is 0.0209 e. The molecule has 88 valence electrons. The highest BCUT2D eigenvalue weighted by atomic mass is 32.2. The van der Waals surface area contributed by atoms with Crippen LogP contribution in [-0.4, -0.2) is 35.6 Å². The Morgan fingerprint density at radius 1 is 1.60 bits per heavy atom. The number of hydrogen-bond acceptors (Lipinski definition) is 3. The second-order valence-corrected chi connectivity index (χ2v) is 6.98. The third kappa shape index (κ3) is 4.83. The maximum atomic E-state index is 3.73. The molecule has 1 fully saturated rings. The highest BCUT2D eigenvalue weighted by Gasteiger charge is 2.31. The molecule has 3 heteroatoms. The van der Waals surface area contributed by atoms with Crippen molar-refractivity contribution in [2.75, 3.05) is 29.6 Å². The Morgan fingerprint density at radius 3 is 3.07 bits per heavy atom. The van der Waals surface area contributed by atoms with Gasteiger partial charge in [-0.2, -0.15) is 23.5 Å². The lowest BCUT2D eigenvalue weighted by Gasteiger charge is -2.38. The van der Waals surface area contributed by atoms with Gasteiger partial charge in [-0.05, 0) is 17.6 Å². The zero-order valence-corrected chi connectivity index (χ0v) is 11.6. The molecule has 1 rings (SSSR count). The summed E-state index contributed by atoms with van der Waals surface area (Å²) in [6.45, 7) is 9.64. The monoisotopic (exact) mass is 245 g/mol. The molecule has 1 N–H and O–H groups in total. The van der Waals surface area contributed by atoms with Gasteiger partial charge in [0.15, 0.2) is 0 Å². The van der Waals surface area contributed by atoms with E-state index in [4.69, 9.17) is 0 Å². The Bertz CT molecular complexity index is 192. The fourth-order valence-electron chi connectivity index (χ4n) is 1.74. The summed E-state index contributed by atoms with van der Waals surface area (Å²) in [5.41, 5.74) is 0.481. The van der Waals surface area contributed by atoms with Crippen LogP contribution in [0.3, 0.4) is 0 Å². The molecule has 1 aliphatic heterocycles. The van der Waals surface area contributed by atoms with E-state index in [1.54, 1.807) is 0 Å². The minimum atomic E-state index is 0.481. The maximum absolute atomic E-state index is 3.73. The Morgan fingerprint density at radius 2 is 2.40 bits per heavy atom. The Labute approximate surface area is 103 Å². The van der Waals surface area contributed by atoms with E-state index in [0.717, 1.165) is 12.3 Å². The molecule has 0 aromatic heterocycles. The Hall–Kier alpha value is 0.400. The highest BCUT2D eigenvalue weighted by molar-refractivity contribution is 7.99. The minimum Gasteiger partial charge on any atom is -0.312 e. The number of nitrogens with one attached hydrogen (secondary N) is 1. The van der Waals surface area contributed by atoms with Gasteiger partial charge < -0.3 is 5.32 Å². The standard InChI is InChI=1S/C12H23NS2/c1-4-7-14-9-6-13-11-10-15-8-5-12(11,2)3/h4,11,13H,1,5-10H2,2-3H3. The molecule has 0 aliphatic carbocycles. The third-order valence-electron chi connectivity index (χ3n) is 2.99. The molecule has 1 saturated heterocycles. The second kappa shape index (κ2) is 6.87. The molecule has 1 atom stereocenters. The largest absolute Gasteiger partial charge is 0.312 e. The van der Waals surface area contributed by atoms with E-state index >= 15 is 0 Å². The Balaban J connectivity index is 2.16. The molecule has 0 saturated carbocycles. The van der Waals surface area contributed by atoms with Gasteiger partial charge in [-0.15, -0.1) is 6.58 Å². The van der Waals surface area contributed by atoms with Crippen LogP contribution in [0.15, 0.2) is 12.7 Å². The summed E-state index contributed by atoms with van der Waals surface area (Å²) in [6, 6.07) is 0.695. The van der Waals surface area contributed by atoms with Crippen molar-refractivity contribution in [3.8, 4) is 0 Å². The summed E-state index contributed by atoms with van der Waals surface area (Å²) in [7, 11) is 0. The molecule has 0 aromatic rings. The van der Waals surface area contributed by atoms with Crippen LogP contribution in [0.1, 0.15) is 20.3 Å². The summed E-state index contributed by atoms with van der Waals surface area (Å²) in [6.07, 6.45) is 3.32. The summed E-state index contributed by atoms with van der Waals surface area (Å²) >= 11 is 4.04. The third-order valence-corrected chi connectivity index (χ3v) is 5.02. The summed E-state index contributed by atoms with van der Waals surface area (Å²) in [5, 5.41) is 3.69. The molecule has 1 unspecified atom stereocenters. The van der Waals surface area contributed by atoms with Crippen molar-refractivity contribution >= 4 is 23.5 Å². The predicted octanol–water partition coefficient (Wildman–Crippen LogP) is 3.03. The maximum Gasteiger partial charge on any atom is 0.0209 e. The van der Waals surface area contributed by atoms with Crippen LogP contribution < -0.4 is 5.32 Å². The molecular formula is C12H23NS2. The first-order valence-corrected chi connectivity index (χ1v) is 7.97. The van der Waals surface area contributed by atoms with Gasteiger partial charge in [0.2, 0.25) is 0 Å². The van der Waals surface area contributed by atoms with Crippen molar-refractivity contribution < 1.29 is 0 Å². The number of thioether (sulfide) groups is 2. The molecule has 0 amide bonds. The van der Waals surface area contributed by atoms with Gasteiger partial charge >= 0.3 is 0 Å². The Kier molecular flexibility index (Phi) is 6.17. The number of hydrogen-bond donors (Lipinski definition) is 1. The lowest BCUT2D eigenvalue weighted by Crippen LogP contribution is -2.47. The van der Waals surface area contributed by atoms with Crippen LogP contribution in [0.2, 0.25) is 0 Å². The lowest BCUT2D eigenvalue weighted by atomic mass is 9.82. The summed E-state index contributed by atoms with van der Waals surface area (Å²) in [4.78, 5) is 0. The summed E-state index contributed by atoms with van der Waals surface area (Å²) in [5.74, 6) is 4.88. The van der Waals surface area contributed by atoms with E-state index in [1.807, 2.05) is 17.8 Å². The van der Waals surface area contributed by atoms with Gasteiger partial charge in [0.25, 0.3) is 0 Å². The topological polar surface area (TPSA) is 12.0 Å². The lowest BCUT2D eigenvalue weighted by molar-refractivity contribution is 0.250. The van der Waals surface area contributed by atoms with E-state index < -0.39 is 0 Å². The SMILES string of the molecule is C=CCSCCNC1CSCCC1(C)C. The average molecular weight is 245 g/mol. The minimum absolute atomic E-state index is 0.481. The molecule has 15 heavy (non-hydrogen) atoms. The molecule has 1 nitrogen and oxygen atoms in total. The summed E-state index contributed by atoms with van der Waals surface area (Å²) < 4.78 is 0. The van der Waals surface area contributed by atoms with Crippen molar-refractivity contribution in [1.82, 2.24) is 5.32 Å². The van der Waals surface area contributed by atoms with E-state index in [0.29, 0.717) is 11.5 Å².